The third kappa shape index (κ3) is 2.66. The van der Waals surface area contributed by atoms with Crippen molar-refractivity contribution in [3.63, 3.8) is 0 Å². The molecule has 3 nitrogen and oxygen atoms in total. The van der Waals surface area contributed by atoms with E-state index in [1.807, 2.05) is 0 Å². The molecule has 0 atom stereocenters. The molecule has 60 valence electrons. The van der Waals surface area contributed by atoms with E-state index in [0.717, 1.165) is 0 Å². The summed E-state index contributed by atoms with van der Waals surface area (Å²) in [5.74, 6) is 4.72. The van der Waals surface area contributed by atoms with Gasteiger partial charge in [0.1, 0.15) is 5.75 Å². The van der Waals surface area contributed by atoms with Gasteiger partial charge in [0, 0.05) is 5.56 Å². The van der Waals surface area contributed by atoms with E-state index in [-0.39, 0.29) is 5.75 Å². The van der Waals surface area contributed by atoms with E-state index in [4.69, 9.17) is 15.2 Å². The zero-order chi connectivity index (χ0) is 8.97. The van der Waals surface area contributed by atoms with E-state index in [9.17, 15) is 0 Å². The van der Waals surface area contributed by atoms with Crippen LogP contribution >= 0.6 is 0 Å². The van der Waals surface area contributed by atoms with Gasteiger partial charge in [0.2, 0.25) is 0 Å². The minimum Gasteiger partial charge on any atom is -0.508 e. The Hall–Kier alpha value is -1.44. The highest BCUT2D eigenvalue weighted by atomic mass is 16.4. The van der Waals surface area contributed by atoms with Crippen LogP contribution in [-0.4, -0.2) is 22.3 Å². The SMILES string of the molecule is OB(O)C#Cc1cccc(O)c1. The zero-order valence-corrected chi connectivity index (χ0v) is 6.23. The predicted molar refractivity (Wildman–Crippen MR) is 45.2 cm³/mol. The third-order valence-electron chi connectivity index (χ3n) is 1.19. The van der Waals surface area contributed by atoms with Gasteiger partial charge < -0.3 is 15.2 Å². The van der Waals surface area contributed by atoms with E-state index in [1.165, 1.54) is 12.1 Å². The molecular formula is C8H7BO3. The molecule has 0 saturated carbocycles. The minimum absolute atomic E-state index is 0.106. The summed E-state index contributed by atoms with van der Waals surface area (Å²) in [4.78, 5) is 0. The number of hydrogen-bond acceptors (Lipinski definition) is 3. The molecule has 0 saturated heterocycles. The molecule has 0 aliphatic rings. The van der Waals surface area contributed by atoms with Gasteiger partial charge in [-0.3, -0.25) is 0 Å². The van der Waals surface area contributed by atoms with Crippen molar-refractivity contribution in [3.05, 3.63) is 29.8 Å². The van der Waals surface area contributed by atoms with E-state index >= 15 is 0 Å². The van der Waals surface area contributed by atoms with Gasteiger partial charge in [-0.2, -0.15) is 0 Å². The fraction of sp³-hybridized carbons (Fsp3) is 0. The molecule has 0 aromatic heterocycles. The van der Waals surface area contributed by atoms with Crippen LogP contribution in [0, 0.1) is 11.7 Å². The highest BCUT2D eigenvalue weighted by Gasteiger charge is 1.97. The Morgan fingerprint density at radius 2 is 2.00 bits per heavy atom. The molecule has 1 aromatic rings. The average molecular weight is 162 g/mol. The van der Waals surface area contributed by atoms with Crippen LogP contribution in [0.5, 0.6) is 5.75 Å². The molecule has 0 aliphatic carbocycles. The Kier molecular flexibility index (Phi) is 2.75. The molecule has 0 radical (unpaired) electrons. The lowest BCUT2D eigenvalue weighted by atomic mass is 9.93. The summed E-state index contributed by atoms with van der Waals surface area (Å²) in [6, 6.07) is 6.24. The van der Waals surface area contributed by atoms with Crippen molar-refractivity contribution < 1.29 is 15.2 Å². The highest BCUT2D eigenvalue weighted by molar-refractivity contribution is 6.51. The number of phenols is 1. The maximum Gasteiger partial charge on any atom is 0.545 e. The molecule has 1 rings (SSSR count). The number of aromatic hydroxyl groups is 1. The lowest BCUT2D eigenvalue weighted by Crippen LogP contribution is -2.06. The maximum atomic E-state index is 8.99. The van der Waals surface area contributed by atoms with Gasteiger partial charge in [-0.1, -0.05) is 17.8 Å². The maximum absolute atomic E-state index is 8.99. The van der Waals surface area contributed by atoms with Crippen LogP contribution in [0.15, 0.2) is 24.3 Å². The molecule has 4 heteroatoms. The fourth-order valence-corrected chi connectivity index (χ4v) is 0.732. The fourth-order valence-electron chi connectivity index (χ4n) is 0.732. The second-order valence-electron chi connectivity index (χ2n) is 2.19. The van der Waals surface area contributed by atoms with Crippen molar-refractivity contribution >= 4 is 7.12 Å². The Bertz CT molecular complexity index is 325. The monoisotopic (exact) mass is 162 g/mol. The Morgan fingerprint density at radius 3 is 2.58 bits per heavy atom. The molecule has 0 spiro atoms. The highest BCUT2D eigenvalue weighted by Crippen LogP contribution is 2.09. The smallest absolute Gasteiger partial charge is 0.508 e. The van der Waals surface area contributed by atoms with E-state index in [2.05, 4.69) is 11.7 Å². The first-order chi connectivity index (χ1) is 5.68. The first-order valence-corrected chi connectivity index (χ1v) is 3.35. The van der Waals surface area contributed by atoms with Gasteiger partial charge in [0.25, 0.3) is 0 Å². The summed E-state index contributed by atoms with van der Waals surface area (Å²) in [6.45, 7) is 0. The quantitative estimate of drug-likeness (QED) is 0.364. The lowest BCUT2D eigenvalue weighted by molar-refractivity contribution is 0.427. The molecule has 1 aromatic carbocycles. The molecule has 0 bridgehead atoms. The normalized spacial score (nSPS) is 8.50. The second-order valence-corrected chi connectivity index (χ2v) is 2.19. The summed E-state index contributed by atoms with van der Waals surface area (Å²) in [5.41, 5.74) is 0.545. The van der Waals surface area contributed by atoms with Gasteiger partial charge in [0.15, 0.2) is 0 Å². The molecular weight excluding hydrogens is 155 g/mol. The molecule has 0 aliphatic heterocycles. The molecule has 0 fully saturated rings. The van der Waals surface area contributed by atoms with Crippen LogP contribution in [-0.2, 0) is 0 Å². The standard InChI is InChI=1S/C8H7BO3/c10-8-3-1-2-7(6-8)4-5-9(11)12/h1-3,6,10-12H. The first kappa shape index (κ1) is 8.66. The predicted octanol–water partition coefficient (Wildman–Crippen LogP) is -0.244. The first-order valence-electron chi connectivity index (χ1n) is 3.35. The van der Waals surface area contributed by atoms with Gasteiger partial charge in [-0.15, -0.1) is 0 Å². The lowest BCUT2D eigenvalue weighted by Gasteiger charge is -1.91. The van der Waals surface area contributed by atoms with Crippen LogP contribution < -0.4 is 0 Å². The van der Waals surface area contributed by atoms with Crippen molar-refractivity contribution in [2.24, 2.45) is 0 Å². The second kappa shape index (κ2) is 3.81. The summed E-state index contributed by atoms with van der Waals surface area (Å²) in [6.07, 6.45) is 0. The molecule has 0 heterocycles. The molecule has 12 heavy (non-hydrogen) atoms. The molecule has 0 amide bonds. The third-order valence-corrected chi connectivity index (χ3v) is 1.19. The summed E-state index contributed by atoms with van der Waals surface area (Å²) in [5, 5.41) is 25.8. The van der Waals surface area contributed by atoms with Crippen molar-refractivity contribution in [1.29, 1.82) is 0 Å². The number of rotatable bonds is 0. The van der Waals surface area contributed by atoms with Gasteiger partial charge >= 0.3 is 7.12 Å². The van der Waals surface area contributed by atoms with Gasteiger partial charge in [-0.25, -0.2) is 0 Å². The minimum atomic E-state index is -1.63. The van der Waals surface area contributed by atoms with Gasteiger partial charge in [0.05, 0.1) is 0 Å². The zero-order valence-electron chi connectivity index (χ0n) is 6.23. The van der Waals surface area contributed by atoms with Gasteiger partial charge in [-0.05, 0) is 18.2 Å². The van der Waals surface area contributed by atoms with Crippen LogP contribution in [0.1, 0.15) is 5.56 Å². The van der Waals surface area contributed by atoms with E-state index < -0.39 is 7.12 Å². The molecule has 3 N–H and O–H groups in total. The molecule has 0 unspecified atom stereocenters. The van der Waals surface area contributed by atoms with Crippen molar-refractivity contribution in [2.45, 2.75) is 0 Å². The summed E-state index contributed by atoms with van der Waals surface area (Å²) >= 11 is 0. The number of hydrogen-bond donors (Lipinski definition) is 3. The summed E-state index contributed by atoms with van der Waals surface area (Å²) in [7, 11) is -1.63. The number of benzene rings is 1. The van der Waals surface area contributed by atoms with E-state index in [0.29, 0.717) is 5.56 Å². The van der Waals surface area contributed by atoms with Crippen molar-refractivity contribution in [2.75, 3.05) is 0 Å². The topological polar surface area (TPSA) is 60.7 Å². The van der Waals surface area contributed by atoms with Crippen LogP contribution in [0.3, 0.4) is 0 Å². The summed E-state index contributed by atoms with van der Waals surface area (Å²) < 4.78 is 0. The van der Waals surface area contributed by atoms with Crippen LogP contribution in [0.2, 0.25) is 0 Å². The Balaban J connectivity index is 2.85. The Labute approximate surface area is 70.4 Å². The van der Waals surface area contributed by atoms with Crippen molar-refractivity contribution in [1.82, 2.24) is 0 Å². The van der Waals surface area contributed by atoms with Crippen LogP contribution in [0.4, 0.5) is 0 Å². The largest absolute Gasteiger partial charge is 0.545 e. The number of phenolic OH excluding ortho intramolecular Hbond substituents is 1. The van der Waals surface area contributed by atoms with Crippen LogP contribution in [0.25, 0.3) is 0 Å². The average Bonchev–Trinajstić information content (AvgIpc) is 2.01. The van der Waals surface area contributed by atoms with Crippen molar-refractivity contribution in [3.8, 4) is 17.5 Å². The van der Waals surface area contributed by atoms with E-state index in [1.54, 1.807) is 12.1 Å². The Morgan fingerprint density at radius 1 is 1.25 bits per heavy atom.